The average molecular weight is 485 g/mol. The number of hydrogen-bond acceptors (Lipinski definition) is 6. The van der Waals surface area contributed by atoms with Crippen LogP contribution in [0.25, 0.3) is 0 Å². The first kappa shape index (κ1) is 22.4. The highest BCUT2D eigenvalue weighted by Crippen LogP contribution is 2.51. The van der Waals surface area contributed by atoms with Crippen LogP contribution in [-0.2, 0) is 24.2 Å². The fraction of sp³-hybridized carbons (Fsp3) is 0.682. The molecular formula is C22H29ClN2O6S. The van der Waals surface area contributed by atoms with Gasteiger partial charge in [-0.3, -0.25) is 0 Å². The normalized spacial score (nSPS) is 30.7. The van der Waals surface area contributed by atoms with Gasteiger partial charge in [0.15, 0.2) is 0 Å². The van der Waals surface area contributed by atoms with Gasteiger partial charge in [-0.05, 0) is 62.8 Å². The summed E-state index contributed by atoms with van der Waals surface area (Å²) in [4.78, 5) is 14.7. The molecule has 3 atom stereocenters. The molecule has 1 amide bonds. The minimum Gasteiger partial charge on any atom is -0.441 e. The zero-order chi connectivity index (χ0) is 22.5. The molecule has 2 saturated heterocycles. The van der Waals surface area contributed by atoms with Crippen LogP contribution in [0.1, 0.15) is 32.6 Å². The quantitative estimate of drug-likeness (QED) is 0.638. The number of ether oxygens (including phenoxy) is 3. The number of halogens is 1. The van der Waals surface area contributed by atoms with E-state index in [2.05, 4.69) is 0 Å². The molecule has 0 radical (unpaired) electrons. The first-order chi connectivity index (χ1) is 15.3. The molecule has 32 heavy (non-hydrogen) atoms. The minimum atomic E-state index is -3.85. The van der Waals surface area contributed by atoms with Crippen molar-refractivity contribution < 1.29 is 27.4 Å². The first-order valence-electron chi connectivity index (χ1n) is 11.3. The Morgan fingerprint density at radius 1 is 1.16 bits per heavy atom. The van der Waals surface area contributed by atoms with Crippen LogP contribution in [0.3, 0.4) is 0 Å². The maximum atomic E-state index is 13.9. The molecule has 0 bridgehead atoms. The summed E-state index contributed by atoms with van der Waals surface area (Å²) >= 11 is 6.00. The van der Waals surface area contributed by atoms with E-state index < -0.39 is 27.8 Å². The molecule has 2 saturated carbocycles. The Kier molecular flexibility index (Phi) is 5.90. The lowest BCUT2D eigenvalue weighted by molar-refractivity contribution is -0.110. The highest BCUT2D eigenvalue weighted by Gasteiger charge is 2.63. The minimum absolute atomic E-state index is 0.196. The van der Waals surface area contributed by atoms with E-state index in [-0.39, 0.29) is 29.6 Å². The van der Waals surface area contributed by atoms with Gasteiger partial charge in [0.05, 0.1) is 42.9 Å². The summed E-state index contributed by atoms with van der Waals surface area (Å²) in [6.07, 6.45) is 2.55. The number of rotatable bonds is 5. The van der Waals surface area contributed by atoms with Gasteiger partial charge < -0.3 is 19.1 Å². The van der Waals surface area contributed by atoms with Crippen molar-refractivity contribution >= 4 is 27.7 Å². The van der Waals surface area contributed by atoms with Crippen LogP contribution in [0.2, 0.25) is 5.02 Å². The summed E-state index contributed by atoms with van der Waals surface area (Å²) in [5, 5.41) is 0.479. The van der Waals surface area contributed by atoms with Crippen LogP contribution in [0.15, 0.2) is 29.2 Å². The molecule has 2 aliphatic heterocycles. The van der Waals surface area contributed by atoms with Crippen molar-refractivity contribution in [2.75, 3.05) is 32.9 Å². The number of morpholine rings is 2. The second-order valence-electron chi connectivity index (χ2n) is 9.20. The lowest BCUT2D eigenvalue weighted by atomic mass is 9.99. The van der Waals surface area contributed by atoms with Crippen LogP contribution >= 0.6 is 11.6 Å². The Hall–Kier alpha value is -1.39. The second kappa shape index (κ2) is 8.43. The molecule has 1 aromatic rings. The van der Waals surface area contributed by atoms with Crippen LogP contribution in [-0.4, -0.2) is 80.4 Å². The summed E-state index contributed by atoms with van der Waals surface area (Å²) in [6, 6.07) is 5.41. The maximum Gasteiger partial charge on any atom is 0.410 e. The van der Waals surface area contributed by atoms with Gasteiger partial charge >= 0.3 is 6.09 Å². The molecule has 176 valence electrons. The van der Waals surface area contributed by atoms with Crippen molar-refractivity contribution in [1.82, 2.24) is 9.21 Å². The summed E-state index contributed by atoms with van der Waals surface area (Å²) < 4.78 is 46.9. The molecule has 4 aliphatic rings. The highest BCUT2D eigenvalue weighted by atomic mass is 35.5. The van der Waals surface area contributed by atoms with Gasteiger partial charge in [0.1, 0.15) is 5.60 Å². The van der Waals surface area contributed by atoms with Gasteiger partial charge in [-0.25, -0.2) is 13.2 Å². The SMILES string of the molecule is C[C@@H]1OC[C@H](C2(OC(=O)N3CCOCC3)CC2)N(S(=O)(=O)c2ccc(Cl)cc2)[C@@H]1C1CC1. The molecule has 0 spiro atoms. The molecule has 0 unspecified atom stereocenters. The molecule has 0 aromatic heterocycles. The third kappa shape index (κ3) is 4.14. The standard InChI is InChI=1S/C22H29ClN2O6S/c1-15-20(16-2-3-16)25(32(27,28)18-6-4-17(23)5-7-18)19(14-30-15)22(8-9-22)31-21(26)24-10-12-29-13-11-24/h4-7,15-16,19-20H,2-3,8-14H2,1H3/t15-,19+,20-/m0/s1. The number of nitrogens with zero attached hydrogens (tertiary/aromatic N) is 2. The Morgan fingerprint density at radius 2 is 1.81 bits per heavy atom. The van der Waals surface area contributed by atoms with Gasteiger partial charge in [-0.15, -0.1) is 0 Å². The molecule has 0 N–H and O–H groups in total. The molecular weight excluding hydrogens is 456 g/mol. The van der Waals surface area contributed by atoms with E-state index in [0.717, 1.165) is 12.8 Å². The number of amides is 1. The maximum absolute atomic E-state index is 13.9. The summed E-state index contributed by atoms with van der Waals surface area (Å²) in [7, 11) is -3.85. The topological polar surface area (TPSA) is 85.4 Å². The van der Waals surface area contributed by atoms with Crippen molar-refractivity contribution in [3.05, 3.63) is 29.3 Å². The third-order valence-corrected chi connectivity index (χ3v) is 9.18. The van der Waals surface area contributed by atoms with Crippen molar-refractivity contribution in [3.8, 4) is 0 Å². The zero-order valence-corrected chi connectivity index (χ0v) is 19.7. The number of carbonyl (C=O) groups is 1. The van der Waals surface area contributed by atoms with E-state index in [1.165, 1.54) is 12.1 Å². The summed E-state index contributed by atoms with van der Waals surface area (Å²) in [6.45, 7) is 4.05. The molecule has 5 rings (SSSR count). The van der Waals surface area contributed by atoms with Crippen LogP contribution in [0.5, 0.6) is 0 Å². The van der Waals surface area contributed by atoms with Crippen molar-refractivity contribution in [2.24, 2.45) is 5.92 Å². The molecule has 2 aliphatic carbocycles. The molecule has 4 fully saturated rings. The molecule has 8 nitrogen and oxygen atoms in total. The van der Waals surface area contributed by atoms with Crippen LogP contribution in [0, 0.1) is 5.92 Å². The molecule has 1 aromatic carbocycles. The van der Waals surface area contributed by atoms with Crippen LogP contribution in [0.4, 0.5) is 4.79 Å². The highest BCUT2D eigenvalue weighted by molar-refractivity contribution is 7.89. The van der Waals surface area contributed by atoms with Crippen LogP contribution < -0.4 is 0 Å². The first-order valence-corrected chi connectivity index (χ1v) is 13.1. The zero-order valence-electron chi connectivity index (χ0n) is 18.1. The van der Waals surface area contributed by atoms with E-state index in [1.807, 2.05) is 6.92 Å². The number of hydrogen-bond donors (Lipinski definition) is 0. The lowest BCUT2D eigenvalue weighted by Gasteiger charge is -2.47. The number of sulfonamides is 1. The summed E-state index contributed by atoms with van der Waals surface area (Å²) in [5.74, 6) is 0.251. The van der Waals surface area contributed by atoms with Gasteiger partial charge in [0.25, 0.3) is 0 Å². The monoisotopic (exact) mass is 484 g/mol. The predicted molar refractivity (Wildman–Crippen MR) is 117 cm³/mol. The van der Waals surface area contributed by atoms with Crippen molar-refractivity contribution in [2.45, 2.75) is 61.3 Å². The Balaban J connectivity index is 1.47. The third-order valence-electron chi connectivity index (χ3n) is 7.00. The fourth-order valence-electron chi connectivity index (χ4n) is 4.91. The van der Waals surface area contributed by atoms with Crippen molar-refractivity contribution in [1.29, 1.82) is 0 Å². The Morgan fingerprint density at radius 3 is 2.41 bits per heavy atom. The number of benzene rings is 1. The van der Waals surface area contributed by atoms with Gasteiger partial charge in [-0.1, -0.05) is 11.6 Å². The van der Waals surface area contributed by atoms with Gasteiger partial charge in [-0.2, -0.15) is 4.31 Å². The van der Waals surface area contributed by atoms with Crippen molar-refractivity contribution in [3.63, 3.8) is 0 Å². The molecule has 2 heterocycles. The molecule has 10 heteroatoms. The second-order valence-corrected chi connectivity index (χ2v) is 11.5. The lowest BCUT2D eigenvalue weighted by Crippen LogP contribution is -2.64. The fourth-order valence-corrected chi connectivity index (χ4v) is 7.01. The van der Waals surface area contributed by atoms with E-state index in [9.17, 15) is 13.2 Å². The Bertz CT molecular complexity index is 957. The van der Waals surface area contributed by atoms with Gasteiger partial charge in [0.2, 0.25) is 10.0 Å². The van der Waals surface area contributed by atoms with E-state index in [4.69, 9.17) is 25.8 Å². The van der Waals surface area contributed by atoms with E-state index in [0.29, 0.717) is 44.2 Å². The van der Waals surface area contributed by atoms with E-state index in [1.54, 1.807) is 21.3 Å². The predicted octanol–water partition coefficient (Wildman–Crippen LogP) is 2.90. The Labute approximate surface area is 193 Å². The van der Waals surface area contributed by atoms with E-state index >= 15 is 0 Å². The summed E-state index contributed by atoms with van der Waals surface area (Å²) in [5.41, 5.74) is -0.859. The smallest absolute Gasteiger partial charge is 0.410 e. The average Bonchev–Trinajstić information content (AvgIpc) is 3.70. The largest absolute Gasteiger partial charge is 0.441 e. The van der Waals surface area contributed by atoms with Gasteiger partial charge in [0, 0.05) is 18.1 Å². The number of carbonyl (C=O) groups excluding carboxylic acids is 1.